The largest absolute Gasteiger partial charge is 0.350 e. The molecule has 1 fully saturated rings. The molecule has 0 radical (unpaired) electrons. The maximum Gasteiger partial charge on any atom is 0.271 e. The van der Waals surface area contributed by atoms with Crippen LogP contribution in [0.15, 0.2) is 16.9 Å². The number of rotatable bonds is 3. The molecule has 0 aromatic carbocycles. The van der Waals surface area contributed by atoms with E-state index >= 15 is 0 Å². The Morgan fingerprint density at radius 1 is 1.67 bits per heavy atom. The Hall–Kier alpha value is -1.65. The van der Waals surface area contributed by atoms with Gasteiger partial charge in [0.15, 0.2) is 0 Å². The topological polar surface area (TPSA) is 74.8 Å². The van der Waals surface area contributed by atoms with Gasteiger partial charge in [0.1, 0.15) is 5.69 Å². The van der Waals surface area contributed by atoms with Crippen LogP contribution in [-0.4, -0.2) is 22.6 Å². The number of carbonyl (C=O) groups excluding carboxylic acids is 1. The first-order valence-corrected chi connectivity index (χ1v) is 5.01. The van der Waals surface area contributed by atoms with Gasteiger partial charge in [-0.15, -0.1) is 0 Å². The highest BCUT2D eigenvalue weighted by molar-refractivity contribution is 5.91. The van der Waals surface area contributed by atoms with E-state index in [4.69, 9.17) is 0 Å². The zero-order valence-electron chi connectivity index (χ0n) is 8.49. The van der Waals surface area contributed by atoms with Crippen LogP contribution in [0.25, 0.3) is 0 Å². The Morgan fingerprint density at radius 2 is 2.40 bits per heavy atom. The van der Waals surface area contributed by atoms with Crippen molar-refractivity contribution in [3.63, 3.8) is 0 Å². The fourth-order valence-corrected chi connectivity index (χ4v) is 1.47. The minimum atomic E-state index is -0.303. The summed E-state index contributed by atoms with van der Waals surface area (Å²) in [5.41, 5.74) is -0.0507. The van der Waals surface area contributed by atoms with E-state index in [-0.39, 0.29) is 17.2 Å². The summed E-state index contributed by atoms with van der Waals surface area (Å²) in [5, 5.41) is 8.66. The van der Waals surface area contributed by atoms with Gasteiger partial charge >= 0.3 is 0 Å². The Labute approximate surface area is 86.9 Å². The predicted octanol–water partition coefficient (Wildman–Crippen LogP) is 0.156. The zero-order valence-corrected chi connectivity index (χ0v) is 8.49. The second kappa shape index (κ2) is 3.84. The normalized spacial score (nSPS) is 23.5. The van der Waals surface area contributed by atoms with Crippen molar-refractivity contribution in [1.29, 1.82) is 0 Å². The van der Waals surface area contributed by atoms with Crippen LogP contribution in [0, 0.1) is 11.8 Å². The van der Waals surface area contributed by atoms with Crippen LogP contribution in [0.2, 0.25) is 0 Å². The van der Waals surface area contributed by atoms with E-state index in [0.29, 0.717) is 18.4 Å². The molecule has 80 valence electrons. The minimum absolute atomic E-state index is 0.231. The maximum atomic E-state index is 11.5. The van der Waals surface area contributed by atoms with Crippen LogP contribution in [0.4, 0.5) is 0 Å². The molecule has 5 heteroatoms. The number of aromatic amines is 1. The summed E-state index contributed by atoms with van der Waals surface area (Å²) in [5.74, 6) is 1.09. The summed E-state index contributed by atoms with van der Waals surface area (Å²) in [6.45, 7) is 2.86. The van der Waals surface area contributed by atoms with Crippen LogP contribution in [0.5, 0.6) is 0 Å². The van der Waals surface area contributed by atoms with Gasteiger partial charge in [-0.2, -0.15) is 5.10 Å². The molecule has 2 rings (SSSR count). The Balaban J connectivity index is 1.90. The van der Waals surface area contributed by atoms with Gasteiger partial charge in [-0.1, -0.05) is 6.92 Å². The summed E-state index contributed by atoms with van der Waals surface area (Å²) in [6, 6.07) is 2.71. The average Bonchev–Trinajstić information content (AvgIpc) is 2.92. The van der Waals surface area contributed by atoms with Gasteiger partial charge in [-0.05, 0) is 24.3 Å². The standard InChI is InChI=1S/C10H13N3O2/c1-6-4-7(6)5-11-10(15)8-2-3-9(14)13-12-8/h2-3,6-7H,4-5H2,1H3,(H,11,15)(H,13,14)/t6-,7-/m1/s1. The summed E-state index contributed by atoms with van der Waals surface area (Å²) < 4.78 is 0. The minimum Gasteiger partial charge on any atom is -0.350 e. The summed E-state index contributed by atoms with van der Waals surface area (Å²) in [6.07, 6.45) is 1.18. The number of nitrogens with one attached hydrogen (secondary N) is 2. The molecule has 5 nitrogen and oxygen atoms in total. The van der Waals surface area contributed by atoms with Crippen LogP contribution in [-0.2, 0) is 0 Å². The van der Waals surface area contributed by atoms with Crippen molar-refractivity contribution in [3.05, 3.63) is 28.2 Å². The van der Waals surface area contributed by atoms with Crippen molar-refractivity contribution in [2.45, 2.75) is 13.3 Å². The van der Waals surface area contributed by atoms with Crippen molar-refractivity contribution in [3.8, 4) is 0 Å². The van der Waals surface area contributed by atoms with E-state index in [1.807, 2.05) is 0 Å². The zero-order chi connectivity index (χ0) is 10.8. The van der Waals surface area contributed by atoms with Gasteiger partial charge in [0.05, 0.1) is 0 Å². The third-order valence-electron chi connectivity index (χ3n) is 2.71. The fraction of sp³-hybridized carbons (Fsp3) is 0.500. The molecule has 1 aromatic rings. The third-order valence-corrected chi connectivity index (χ3v) is 2.71. The maximum absolute atomic E-state index is 11.5. The summed E-state index contributed by atoms with van der Waals surface area (Å²) >= 11 is 0. The number of nitrogens with zero attached hydrogens (tertiary/aromatic N) is 1. The number of hydrogen-bond acceptors (Lipinski definition) is 3. The monoisotopic (exact) mass is 207 g/mol. The summed E-state index contributed by atoms with van der Waals surface area (Å²) in [7, 11) is 0. The molecule has 2 N–H and O–H groups in total. The second-order valence-electron chi connectivity index (χ2n) is 3.99. The molecule has 0 unspecified atom stereocenters. The molecular formula is C10H13N3O2. The average molecular weight is 207 g/mol. The molecule has 0 aliphatic heterocycles. The van der Waals surface area contributed by atoms with Crippen LogP contribution >= 0.6 is 0 Å². The number of hydrogen-bond donors (Lipinski definition) is 2. The molecule has 0 spiro atoms. The fourth-order valence-electron chi connectivity index (χ4n) is 1.47. The highest BCUT2D eigenvalue weighted by atomic mass is 16.2. The molecule has 1 heterocycles. The molecule has 1 amide bonds. The highest BCUT2D eigenvalue weighted by Crippen LogP contribution is 2.36. The molecule has 0 saturated heterocycles. The van der Waals surface area contributed by atoms with Gasteiger partial charge in [0.25, 0.3) is 11.5 Å². The van der Waals surface area contributed by atoms with Crippen LogP contribution < -0.4 is 10.9 Å². The van der Waals surface area contributed by atoms with E-state index in [1.54, 1.807) is 0 Å². The lowest BCUT2D eigenvalue weighted by Gasteiger charge is -2.02. The van der Waals surface area contributed by atoms with Gasteiger partial charge in [-0.3, -0.25) is 9.59 Å². The quantitative estimate of drug-likeness (QED) is 0.741. The number of aromatic nitrogens is 2. The number of carbonyl (C=O) groups is 1. The first-order chi connectivity index (χ1) is 7.16. The smallest absolute Gasteiger partial charge is 0.271 e. The Kier molecular flexibility index (Phi) is 2.53. The highest BCUT2D eigenvalue weighted by Gasteiger charge is 2.32. The molecule has 0 bridgehead atoms. The van der Waals surface area contributed by atoms with Crippen LogP contribution in [0.3, 0.4) is 0 Å². The van der Waals surface area contributed by atoms with Gasteiger partial charge in [0.2, 0.25) is 0 Å². The number of amides is 1. The van der Waals surface area contributed by atoms with Gasteiger partial charge in [-0.25, -0.2) is 5.10 Å². The first-order valence-electron chi connectivity index (χ1n) is 5.01. The van der Waals surface area contributed by atoms with Gasteiger partial charge in [0, 0.05) is 12.6 Å². The van der Waals surface area contributed by atoms with Crippen molar-refractivity contribution >= 4 is 5.91 Å². The van der Waals surface area contributed by atoms with E-state index in [1.165, 1.54) is 18.6 Å². The SMILES string of the molecule is C[C@@H]1C[C@@H]1CNC(=O)c1ccc(=O)[nH]n1. The molecule has 1 aliphatic rings. The van der Waals surface area contributed by atoms with E-state index in [2.05, 4.69) is 22.4 Å². The second-order valence-corrected chi connectivity index (χ2v) is 3.99. The van der Waals surface area contributed by atoms with Crippen molar-refractivity contribution in [2.24, 2.45) is 11.8 Å². The van der Waals surface area contributed by atoms with Crippen molar-refractivity contribution in [2.75, 3.05) is 6.54 Å². The predicted molar refractivity (Wildman–Crippen MR) is 54.5 cm³/mol. The molecular weight excluding hydrogens is 194 g/mol. The van der Waals surface area contributed by atoms with Gasteiger partial charge < -0.3 is 5.32 Å². The van der Waals surface area contributed by atoms with Crippen LogP contribution in [0.1, 0.15) is 23.8 Å². The van der Waals surface area contributed by atoms with Crippen molar-refractivity contribution < 1.29 is 4.79 Å². The molecule has 1 aliphatic carbocycles. The lowest BCUT2D eigenvalue weighted by Crippen LogP contribution is -2.27. The molecule has 1 aromatic heterocycles. The Bertz CT molecular complexity index is 406. The Morgan fingerprint density at radius 3 is 2.93 bits per heavy atom. The number of H-pyrrole nitrogens is 1. The lowest BCUT2D eigenvalue weighted by atomic mass is 10.3. The molecule has 1 saturated carbocycles. The summed E-state index contributed by atoms with van der Waals surface area (Å²) in [4.78, 5) is 22.2. The third kappa shape index (κ3) is 2.43. The van der Waals surface area contributed by atoms with E-state index in [0.717, 1.165) is 0 Å². The lowest BCUT2D eigenvalue weighted by molar-refractivity contribution is 0.0945. The molecule has 2 atom stereocenters. The van der Waals surface area contributed by atoms with E-state index in [9.17, 15) is 9.59 Å². The van der Waals surface area contributed by atoms with Crippen molar-refractivity contribution in [1.82, 2.24) is 15.5 Å². The first kappa shape index (κ1) is 9.89. The van der Waals surface area contributed by atoms with E-state index < -0.39 is 0 Å². The molecule has 15 heavy (non-hydrogen) atoms.